The topological polar surface area (TPSA) is 52.6 Å². The van der Waals surface area contributed by atoms with E-state index in [1.54, 1.807) is 6.92 Å². The molecule has 2 radical (unpaired) electrons. The van der Waals surface area contributed by atoms with Crippen LogP contribution in [0.5, 0.6) is 0 Å². The predicted octanol–water partition coefficient (Wildman–Crippen LogP) is -0.147. The van der Waals surface area contributed by atoms with E-state index in [1.165, 1.54) is 0 Å². The van der Waals surface area contributed by atoms with Crippen LogP contribution in [0.1, 0.15) is 6.92 Å². The molecule has 0 rings (SSSR count). The Morgan fingerprint density at radius 3 is 2.80 bits per heavy atom. The molecular formula is C5H7BO4. The van der Waals surface area contributed by atoms with E-state index < -0.39 is 12.0 Å². The average molecular weight is 142 g/mol. The van der Waals surface area contributed by atoms with Gasteiger partial charge in [0.05, 0.1) is 0 Å². The minimum Gasteiger partial charge on any atom is -0.468 e. The number of hydrogen-bond donors (Lipinski definition) is 0. The van der Waals surface area contributed by atoms with Crippen molar-refractivity contribution in [3.8, 4) is 0 Å². The summed E-state index contributed by atoms with van der Waals surface area (Å²) >= 11 is 0. The van der Waals surface area contributed by atoms with E-state index in [0.717, 1.165) is 0 Å². The zero-order valence-electron chi connectivity index (χ0n) is 5.57. The van der Waals surface area contributed by atoms with Gasteiger partial charge in [-0.05, 0) is 6.92 Å². The lowest BCUT2D eigenvalue weighted by molar-refractivity contribution is -0.131. The zero-order chi connectivity index (χ0) is 7.98. The number of ether oxygens (including phenoxy) is 2. The van der Waals surface area contributed by atoms with Crippen LogP contribution >= 0.6 is 0 Å². The minimum atomic E-state index is -0.873. The van der Waals surface area contributed by atoms with E-state index in [4.69, 9.17) is 0 Å². The summed E-state index contributed by atoms with van der Waals surface area (Å²) in [6.07, 6.45) is -0.484. The normalized spacial score (nSPS) is 11.7. The lowest BCUT2D eigenvalue weighted by atomic mass is 10.2. The second-order valence-electron chi connectivity index (χ2n) is 1.68. The molecule has 1 atom stereocenters. The predicted molar refractivity (Wildman–Crippen MR) is 33.7 cm³/mol. The van der Waals surface area contributed by atoms with E-state index in [-0.39, 0.29) is 13.1 Å². The highest BCUT2D eigenvalue weighted by molar-refractivity contribution is 6.55. The number of carbonyl (C=O) groups is 2. The Hall–Kier alpha value is -0.995. The van der Waals surface area contributed by atoms with Crippen molar-refractivity contribution >= 4 is 20.2 Å². The van der Waals surface area contributed by atoms with E-state index in [1.807, 2.05) is 0 Å². The monoisotopic (exact) mass is 142 g/mol. The van der Waals surface area contributed by atoms with Crippen LogP contribution in [-0.2, 0) is 14.3 Å². The van der Waals surface area contributed by atoms with E-state index >= 15 is 0 Å². The Morgan fingerprint density at radius 1 is 1.80 bits per heavy atom. The number of hydrogen-bond acceptors (Lipinski definition) is 4. The molecule has 0 bridgehead atoms. The summed E-state index contributed by atoms with van der Waals surface area (Å²) < 4.78 is 8.69. The Bertz CT molecular complexity index is 125. The van der Waals surface area contributed by atoms with Crippen molar-refractivity contribution in [2.75, 3.05) is 6.61 Å². The summed E-state index contributed by atoms with van der Waals surface area (Å²) in [5.74, 6) is -0.873. The van der Waals surface area contributed by atoms with Crippen LogP contribution in [0.2, 0.25) is 0 Å². The molecule has 0 aromatic rings. The van der Waals surface area contributed by atoms with Crippen LogP contribution in [0, 0.1) is 0 Å². The first-order valence-corrected chi connectivity index (χ1v) is 2.68. The molecule has 0 fully saturated rings. The van der Waals surface area contributed by atoms with Crippen LogP contribution in [0.4, 0.5) is 4.79 Å². The molecule has 0 saturated heterocycles. The fourth-order valence-corrected chi connectivity index (χ4v) is 0.407. The molecule has 4 nitrogen and oxygen atoms in total. The fraction of sp³-hybridized carbons (Fsp3) is 0.600. The van der Waals surface area contributed by atoms with Crippen molar-refractivity contribution < 1.29 is 19.1 Å². The SMILES string of the molecule is [B]C(=O)O[C@@H](C)COC=O. The quantitative estimate of drug-likeness (QED) is 0.404. The highest BCUT2D eigenvalue weighted by Gasteiger charge is 2.03. The first-order chi connectivity index (χ1) is 4.66. The third-order valence-corrected chi connectivity index (χ3v) is 0.716. The largest absolute Gasteiger partial charge is 0.468 e. The number of rotatable bonds is 4. The molecule has 0 spiro atoms. The molecule has 0 aliphatic heterocycles. The Labute approximate surface area is 59.9 Å². The third kappa shape index (κ3) is 5.15. The first kappa shape index (κ1) is 9.00. The van der Waals surface area contributed by atoms with Crippen LogP contribution in [-0.4, -0.2) is 32.9 Å². The van der Waals surface area contributed by atoms with Crippen molar-refractivity contribution in [2.24, 2.45) is 0 Å². The molecule has 0 aliphatic carbocycles. The summed E-state index contributed by atoms with van der Waals surface area (Å²) in [6.45, 7) is 1.88. The summed E-state index contributed by atoms with van der Waals surface area (Å²) in [4.78, 5) is 19.6. The van der Waals surface area contributed by atoms with Gasteiger partial charge in [0.2, 0.25) is 13.7 Å². The molecule has 10 heavy (non-hydrogen) atoms. The van der Waals surface area contributed by atoms with E-state index in [2.05, 4.69) is 17.3 Å². The average Bonchev–Trinajstić information content (AvgIpc) is 1.82. The van der Waals surface area contributed by atoms with Gasteiger partial charge in [-0.1, -0.05) is 0 Å². The first-order valence-electron chi connectivity index (χ1n) is 2.68. The molecule has 0 saturated carbocycles. The van der Waals surface area contributed by atoms with Gasteiger partial charge in [0.15, 0.2) is 0 Å². The summed E-state index contributed by atoms with van der Waals surface area (Å²) in [6, 6.07) is 0. The van der Waals surface area contributed by atoms with Crippen LogP contribution in [0.3, 0.4) is 0 Å². The van der Waals surface area contributed by atoms with Gasteiger partial charge in [0.25, 0.3) is 6.47 Å². The molecule has 0 unspecified atom stereocenters. The molecule has 0 aliphatic rings. The Morgan fingerprint density at radius 2 is 2.40 bits per heavy atom. The molecule has 0 N–H and O–H groups in total. The standard InChI is InChI=1S/C5H7BO4/c1-4(2-9-3-7)10-5(6)8/h3-4H,2H2,1H3/t4-/m0/s1. The molecule has 0 aromatic carbocycles. The maximum absolute atomic E-state index is 10.0. The Kier molecular flexibility index (Phi) is 4.36. The molecule has 0 heterocycles. The van der Waals surface area contributed by atoms with Crippen LogP contribution in [0.25, 0.3) is 0 Å². The maximum Gasteiger partial charge on any atom is 0.293 e. The minimum absolute atomic E-state index is 0.0342. The second kappa shape index (κ2) is 4.84. The van der Waals surface area contributed by atoms with E-state index in [9.17, 15) is 9.59 Å². The van der Waals surface area contributed by atoms with Gasteiger partial charge in [-0.3, -0.25) is 9.59 Å². The molecule has 0 amide bonds. The molecule has 0 aromatic heterocycles. The van der Waals surface area contributed by atoms with E-state index in [0.29, 0.717) is 0 Å². The van der Waals surface area contributed by atoms with Crippen molar-refractivity contribution in [1.82, 2.24) is 0 Å². The summed E-state index contributed by atoms with van der Waals surface area (Å²) in [7, 11) is 4.66. The third-order valence-electron chi connectivity index (χ3n) is 0.716. The maximum atomic E-state index is 10.0. The van der Waals surface area contributed by atoms with Crippen LogP contribution in [0.15, 0.2) is 0 Å². The zero-order valence-corrected chi connectivity index (χ0v) is 5.57. The summed E-state index contributed by atoms with van der Waals surface area (Å²) in [5.41, 5.74) is 0. The van der Waals surface area contributed by atoms with Crippen molar-refractivity contribution in [3.63, 3.8) is 0 Å². The fourth-order valence-electron chi connectivity index (χ4n) is 0.407. The second-order valence-corrected chi connectivity index (χ2v) is 1.68. The Balaban J connectivity index is 3.33. The smallest absolute Gasteiger partial charge is 0.293 e. The highest BCUT2D eigenvalue weighted by Crippen LogP contribution is 1.90. The summed E-state index contributed by atoms with van der Waals surface area (Å²) in [5, 5.41) is 0. The number of carbonyl (C=O) groups excluding carboxylic acids is 2. The van der Waals surface area contributed by atoms with Gasteiger partial charge in [-0.25, -0.2) is 0 Å². The van der Waals surface area contributed by atoms with Crippen molar-refractivity contribution in [3.05, 3.63) is 0 Å². The van der Waals surface area contributed by atoms with Gasteiger partial charge in [-0.15, -0.1) is 0 Å². The lowest BCUT2D eigenvalue weighted by Crippen LogP contribution is -2.18. The highest BCUT2D eigenvalue weighted by atomic mass is 16.6. The molecule has 5 heteroatoms. The van der Waals surface area contributed by atoms with Gasteiger partial charge in [0, 0.05) is 0 Å². The van der Waals surface area contributed by atoms with Crippen molar-refractivity contribution in [1.29, 1.82) is 0 Å². The molecular weight excluding hydrogens is 135 g/mol. The van der Waals surface area contributed by atoms with Gasteiger partial charge in [-0.2, -0.15) is 0 Å². The lowest BCUT2D eigenvalue weighted by Gasteiger charge is -2.09. The van der Waals surface area contributed by atoms with Gasteiger partial charge in [0.1, 0.15) is 12.7 Å². The van der Waals surface area contributed by atoms with Crippen molar-refractivity contribution in [2.45, 2.75) is 13.0 Å². The molecule has 54 valence electrons. The van der Waals surface area contributed by atoms with Crippen LogP contribution < -0.4 is 0 Å². The van der Waals surface area contributed by atoms with Gasteiger partial charge < -0.3 is 9.47 Å². The van der Waals surface area contributed by atoms with Gasteiger partial charge >= 0.3 is 0 Å².